The molecule has 0 saturated heterocycles. The Morgan fingerprint density at radius 1 is 0.920 bits per heavy atom. The van der Waals surface area contributed by atoms with Crippen molar-refractivity contribution in [1.82, 2.24) is 0 Å². The van der Waals surface area contributed by atoms with Gasteiger partial charge in [0.1, 0.15) is 0 Å². The van der Waals surface area contributed by atoms with Crippen LogP contribution >= 0.6 is 0 Å². The molecule has 0 bridgehead atoms. The van der Waals surface area contributed by atoms with Crippen LogP contribution in [0.15, 0.2) is 48.5 Å². The molecule has 8 heteroatoms. The number of carboxylic acids is 1. The molecule has 0 atom stereocenters. The second kappa shape index (κ2) is 7.82. The van der Waals surface area contributed by atoms with E-state index in [4.69, 9.17) is 5.11 Å². The van der Waals surface area contributed by atoms with Crippen LogP contribution in [0, 0.1) is 10.1 Å². The minimum absolute atomic E-state index is 0.0934. The molecule has 0 saturated carbocycles. The molecular formula is C17H14N2O6. The number of nitrogens with one attached hydrogen (secondary N) is 1. The summed E-state index contributed by atoms with van der Waals surface area (Å²) in [4.78, 5) is 44.4. The number of amides is 1. The van der Waals surface area contributed by atoms with Crippen LogP contribution < -0.4 is 5.32 Å². The van der Waals surface area contributed by atoms with Crippen molar-refractivity contribution in [3.8, 4) is 0 Å². The second-order valence-corrected chi connectivity index (χ2v) is 5.15. The Morgan fingerprint density at radius 2 is 1.48 bits per heavy atom. The van der Waals surface area contributed by atoms with Crippen LogP contribution in [0.3, 0.4) is 0 Å². The maximum absolute atomic E-state index is 12.1. The fourth-order valence-electron chi connectivity index (χ4n) is 2.04. The Hall–Kier alpha value is -3.55. The Kier molecular flexibility index (Phi) is 5.57. The van der Waals surface area contributed by atoms with Crippen molar-refractivity contribution in [2.45, 2.75) is 12.8 Å². The van der Waals surface area contributed by atoms with E-state index in [9.17, 15) is 24.5 Å². The number of hydrogen-bond donors (Lipinski definition) is 2. The third kappa shape index (κ3) is 4.96. The molecule has 0 aliphatic carbocycles. The van der Waals surface area contributed by atoms with Crippen molar-refractivity contribution < 1.29 is 24.4 Å². The average Bonchev–Trinajstić information content (AvgIpc) is 2.60. The van der Waals surface area contributed by atoms with Gasteiger partial charge in [0.15, 0.2) is 5.78 Å². The summed E-state index contributed by atoms with van der Waals surface area (Å²) in [5, 5.41) is 21.8. The lowest BCUT2D eigenvalue weighted by Gasteiger charge is -2.06. The molecular weight excluding hydrogens is 328 g/mol. The van der Waals surface area contributed by atoms with Crippen LogP contribution in [0.25, 0.3) is 0 Å². The predicted molar refractivity (Wildman–Crippen MR) is 88.7 cm³/mol. The molecule has 2 aromatic carbocycles. The summed E-state index contributed by atoms with van der Waals surface area (Å²) in [6, 6.07) is 11.2. The first kappa shape index (κ1) is 17.8. The Bertz CT molecular complexity index is 812. The first-order valence-electron chi connectivity index (χ1n) is 7.27. The largest absolute Gasteiger partial charge is 0.481 e. The molecule has 0 heterocycles. The highest BCUT2D eigenvalue weighted by Gasteiger charge is 2.11. The number of carbonyl (C=O) groups excluding carboxylic acids is 2. The van der Waals surface area contributed by atoms with E-state index in [0.29, 0.717) is 11.3 Å². The molecule has 2 aromatic rings. The summed E-state index contributed by atoms with van der Waals surface area (Å²) >= 11 is 0. The zero-order valence-corrected chi connectivity index (χ0v) is 13.0. The number of carboxylic acid groups (broad SMARTS) is 1. The monoisotopic (exact) mass is 342 g/mol. The smallest absolute Gasteiger partial charge is 0.303 e. The average molecular weight is 342 g/mol. The van der Waals surface area contributed by atoms with Crippen LogP contribution in [0.4, 0.5) is 11.4 Å². The van der Waals surface area contributed by atoms with Gasteiger partial charge in [0, 0.05) is 35.4 Å². The number of benzene rings is 2. The zero-order chi connectivity index (χ0) is 18.4. The molecule has 0 radical (unpaired) electrons. The molecule has 8 nitrogen and oxygen atoms in total. The van der Waals surface area contributed by atoms with Crippen LogP contribution in [0.2, 0.25) is 0 Å². The zero-order valence-electron chi connectivity index (χ0n) is 13.0. The number of nitro benzene ring substituents is 1. The maximum atomic E-state index is 12.1. The summed E-state index contributed by atoms with van der Waals surface area (Å²) in [5.41, 5.74) is 0.945. The van der Waals surface area contributed by atoms with Gasteiger partial charge in [-0.15, -0.1) is 0 Å². The van der Waals surface area contributed by atoms with Gasteiger partial charge in [-0.2, -0.15) is 0 Å². The highest BCUT2D eigenvalue weighted by molar-refractivity contribution is 6.04. The summed E-state index contributed by atoms with van der Waals surface area (Å²) in [7, 11) is 0. The van der Waals surface area contributed by atoms with Gasteiger partial charge in [-0.05, 0) is 36.4 Å². The van der Waals surface area contributed by atoms with Crippen molar-refractivity contribution >= 4 is 29.0 Å². The topological polar surface area (TPSA) is 127 Å². The van der Waals surface area contributed by atoms with E-state index < -0.39 is 16.8 Å². The van der Waals surface area contributed by atoms with E-state index >= 15 is 0 Å². The fourth-order valence-corrected chi connectivity index (χ4v) is 2.04. The number of ketones is 1. The van der Waals surface area contributed by atoms with E-state index in [1.54, 1.807) is 0 Å². The normalized spacial score (nSPS) is 10.1. The van der Waals surface area contributed by atoms with Gasteiger partial charge in [0.25, 0.3) is 11.6 Å². The fraction of sp³-hybridized carbons (Fsp3) is 0.118. The Morgan fingerprint density at radius 3 is 2.00 bits per heavy atom. The molecule has 25 heavy (non-hydrogen) atoms. The second-order valence-electron chi connectivity index (χ2n) is 5.15. The molecule has 2 rings (SSSR count). The number of aliphatic carboxylic acids is 1. The van der Waals surface area contributed by atoms with Gasteiger partial charge in [-0.1, -0.05) is 0 Å². The standard InChI is InChI=1S/C17H14N2O6/c20-15(9-10-16(21)22)11-1-5-13(6-2-11)18-17(23)12-3-7-14(8-4-12)19(24)25/h1-8H,9-10H2,(H,18,23)(H,21,22). The summed E-state index contributed by atoms with van der Waals surface area (Å²) in [5.74, 6) is -1.78. The molecule has 2 N–H and O–H groups in total. The van der Waals surface area contributed by atoms with Crippen LogP contribution in [-0.2, 0) is 4.79 Å². The van der Waals surface area contributed by atoms with Gasteiger partial charge in [0.05, 0.1) is 11.3 Å². The number of carbonyl (C=O) groups is 3. The third-order valence-corrected chi connectivity index (χ3v) is 3.37. The summed E-state index contributed by atoms with van der Waals surface area (Å²) in [6.45, 7) is 0. The van der Waals surface area contributed by atoms with Gasteiger partial charge >= 0.3 is 5.97 Å². The number of rotatable bonds is 7. The number of non-ortho nitro benzene ring substituents is 1. The number of nitrogens with zero attached hydrogens (tertiary/aromatic N) is 1. The van der Waals surface area contributed by atoms with E-state index in [1.807, 2.05) is 0 Å². The first-order chi connectivity index (χ1) is 11.9. The Balaban J connectivity index is 2.00. The molecule has 0 aliphatic rings. The minimum Gasteiger partial charge on any atom is -0.481 e. The quantitative estimate of drug-likeness (QED) is 0.452. The minimum atomic E-state index is -1.04. The first-order valence-corrected chi connectivity index (χ1v) is 7.27. The predicted octanol–water partition coefficient (Wildman–Crippen LogP) is 2.89. The van der Waals surface area contributed by atoms with Gasteiger partial charge in [-0.3, -0.25) is 24.5 Å². The van der Waals surface area contributed by atoms with E-state index in [0.717, 1.165) is 0 Å². The van der Waals surface area contributed by atoms with E-state index in [2.05, 4.69) is 5.32 Å². The maximum Gasteiger partial charge on any atom is 0.303 e. The van der Waals surface area contributed by atoms with Crippen LogP contribution in [-0.4, -0.2) is 27.7 Å². The molecule has 0 spiro atoms. The number of Topliss-reactive ketones (excluding diaryl/α,β-unsaturated/α-hetero) is 1. The van der Waals surface area contributed by atoms with Crippen molar-refractivity contribution in [3.63, 3.8) is 0 Å². The lowest BCUT2D eigenvalue weighted by molar-refractivity contribution is -0.384. The number of nitro groups is 1. The SMILES string of the molecule is O=C(O)CCC(=O)c1ccc(NC(=O)c2ccc([N+](=O)[O-])cc2)cc1. The lowest BCUT2D eigenvalue weighted by Crippen LogP contribution is -2.12. The highest BCUT2D eigenvalue weighted by Crippen LogP contribution is 2.15. The molecule has 0 aromatic heterocycles. The number of hydrogen-bond acceptors (Lipinski definition) is 5. The van der Waals surface area contributed by atoms with Gasteiger partial charge < -0.3 is 10.4 Å². The van der Waals surface area contributed by atoms with Crippen molar-refractivity contribution in [3.05, 3.63) is 69.8 Å². The summed E-state index contributed by atoms with van der Waals surface area (Å²) < 4.78 is 0. The van der Waals surface area contributed by atoms with Gasteiger partial charge in [0.2, 0.25) is 0 Å². The van der Waals surface area contributed by atoms with E-state index in [-0.39, 0.29) is 29.9 Å². The van der Waals surface area contributed by atoms with Gasteiger partial charge in [-0.25, -0.2) is 0 Å². The molecule has 128 valence electrons. The van der Waals surface area contributed by atoms with Crippen molar-refractivity contribution in [2.75, 3.05) is 5.32 Å². The number of anilines is 1. The molecule has 0 unspecified atom stereocenters. The molecule has 1 amide bonds. The van der Waals surface area contributed by atoms with Crippen molar-refractivity contribution in [2.24, 2.45) is 0 Å². The van der Waals surface area contributed by atoms with E-state index in [1.165, 1.54) is 48.5 Å². The van der Waals surface area contributed by atoms with Crippen LogP contribution in [0.5, 0.6) is 0 Å². The highest BCUT2D eigenvalue weighted by atomic mass is 16.6. The lowest BCUT2D eigenvalue weighted by atomic mass is 10.1. The van der Waals surface area contributed by atoms with Crippen LogP contribution in [0.1, 0.15) is 33.6 Å². The molecule has 0 aliphatic heterocycles. The Labute approximate surface area is 142 Å². The summed E-state index contributed by atoms with van der Waals surface area (Å²) in [6.07, 6.45) is -0.332. The third-order valence-electron chi connectivity index (χ3n) is 3.37. The van der Waals surface area contributed by atoms with Crippen molar-refractivity contribution in [1.29, 1.82) is 0 Å². The molecule has 0 fully saturated rings.